The lowest BCUT2D eigenvalue weighted by atomic mass is 10.1. The Labute approximate surface area is 191 Å². The average molecular weight is 440 g/mol. The van der Waals surface area contributed by atoms with Crippen LogP contribution in [0.1, 0.15) is 38.1 Å². The highest BCUT2D eigenvalue weighted by molar-refractivity contribution is 5.94. The number of aromatic nitrogens is 2. The topological polar surface area (TPSA) is 90.6 Å². The van der Waals surface area contributed by atoms with E-state index in [1.54, 1.807) is 0 Å². The maximum Gasteiger partial charge on any atom is 0.253 e. The first-order chi connectivity index (χ1) is 15.2. The number of piperazine rings is 1. The molecule has 1 aromatic heterocycles. The van der Waals surface area contributed by atoms with Crippen LogP contribution in [0, 0.1) is 0 Å². The molecule has 174 valence electrons. The summed E-state index contributed by atoms with van der Waals surface area (Å²) in [5.74, 6) is 1.01. The van der Waals surface area contributed by atoms with E-state index >= 15 is 0 Å². The average Bonchev–Trinajstić information content (AvgIpc) is 2.76. The summed E-state index contributed by atoms with van der Waals surface area (Å²) < 4.78 is 0. The van der Waals surface area contributed by atoms with Crippen LogP contribution in [-0.2, 0) is 0 Å². The summed E-state index contributed by atoms with van der Waals surface area (Å²) in [7, 11) is 2.08. The molecular weight excluding hydrogens is 402 g/mol. The molecule has 0 radical (unpaired) electrons. The van der Waals surface area contributed by atoms with Gasteiger partial charge in [-0.15, -0.1) is 0 Å². The molecule has 2 heterocycles. The third-order valence-corrected chi connectivity index (χ3v) is 5.96. The van der Waals surface area contributed by atoms with Crippen molar-refractivity contribution in [2.75, 3.05) is 57.4 Å². The van der Waals surface area contributed by atoms with Crippen LogP contribution in [0.15, 0.2) is 30.3 Å². The molecule has 1 amide bonds. The van der Waals surface area contributed by atoms with Gasteiger partial charge in [0.1, 0.15) is 5.82 Å². The van der Waals surface area contributed by atoms with Crippen molar-refractivity contribution in [2.45, 2.75) is 39.8 Å². The van der Waals surface area contributed by atoms with Crippen LogP contribution in [0.3, 0.4) is 0 Å². The minimum atomic E-state index is 0.0778. The van der Waals surface area contributed by atoms with Crippen LogP contribution < -0.4 is 11.1 Å². The zero-order valence-electron chi connectivity index (χ0n) is 20.0. The van der Waals surface area contributed by atoms with E-state index in [-0.39, 0.29) is 11.9 Å². The molecule has 0 aliphatic carbocycles. The number of carbonyl (C=O) groups excluding carboxylic acids is 1. The normalized spacial score (nSPS) is 15.1. The van der Waals surface area contributed by atoms with Gasteiger partial charge < -0.3 is 20.9 Å². The molecule has 1 aliphatic heterocycles. The summed E-state index contributed by atoms with van der Waals surface area (Å²) in [6, 6.07) is 10.4. The minimum absolute atomic E-state index is 0.0778. The molecule has 0 saturated carbocycles. The molecule has 2 aromatic rings. The molecule has 1 saturated heterocycles. The predicted octanol–water partition coefficient (Wildman–Crippen LogP) is 2.64. The maximum atomic E-state index is 12.8. The van der Waals surface area contributed by atoms with Gasteiger partial charge in [-0.25, -0.2) is 4.98 Å². The van der Waals surface area contributed by atoms with Gasteiger partial charge in [0.15, 0.2) is 0 Å². The van der Waals surface area contributed by atoms with Gasteiger partial charge in [-0.05, 0) is 46.9 Å². The predicted molar refractivity (Wildman–Crippen MR) is 131 cm³/mol. The van der Waals surface area contributed by atoms with Gasteiger partial charge in [0.2, 0.25) is 5.95 Å². The van der Waals surface area contributed by atoms with Crippen LogP contribution in [0.4, 0.5) is 11.8 Å². The lowest BCUT2D eigenvalue weighted by Gasteiger charge is -2.32. The molecule has 8 heteroatoms. The Morgan fingerprint density at radius 2 is 1.69 bits per heavy atom. The van der Waals surface area contributed by atoms with E-state index in [4.69, 9.17) is 5.73 Å². The third kappa shape index (κ3) is 6.17. The van der Waals surface area contributed by atoms with E-state index in [9.17, 15) is 4.79 Å². The van der Waals surface area contributed by atoms with Crippen LogP contribution in [-0.4, -0.2) is 89.0 Å². The number of rotatable bonds is 8. The van der Waals surface area contributed by atoms with Crippen LogP contribution >= 0.6 is 0 Å². The molecule has 3 rings (SSSR count). The van der Waals surface area contributed by atoms with E-state index in [0.717, 1.165) is 50.5 Å². The molecule has 0 atom stereocenters. The fraction of sp³-hybridized carbons (Fsp3) is 0.542. The maximum absolute atomic E-state index is 12.8. The Bertz CT molecular complexity index is 882. The van der Waals surface area contributed by atoms with Crippen molar-refractivity contribution in [1.82, 2.24) is 24.7 Å². The number of anilines is 2. The highest BCUT2D eigenvalue weighted by atomic mass is 16.2. The quantitative estimate of drug-likeness (QED) is 0.653. The van der Waals surface area contributed by atoms with Gasteiger partial charge >= 0.3 is 0 Å². The molecule has 3 N–H and O–H groups in total. The van der Waals surface area contributed by atoms with Crippen molar-refractivity contribution in [2.24, 2.45) is 0 Å². The zero-order chi connectivity index (χ0) is 23.3. The van der Waals surface area contributed by atoms with Crippen molar-refractivity contribution >= 4 is 17.7 Å². The van der Waals surface area contributed by atoms with Crippen molar-refractivity contribution in [1.29, 1.82) is 0 Å². The number of likely N-dealkylation sites (N-methyl/N-ethyl adjacent to an activating group) is 1. The van der Waals surface area contributed by atoms with Crippen molar-refractivity contribution in [3.05, 3.63) is 35.9 Å². The number of nitrogens with zero attached hydrogens (tertiary/aromatic N) is 5. The van der Waals surface area contributed by atoms with Gasteiger partial charge in [0.05, 0.1) is 5.69 Å². The lowest BCUT2D eigenvalue weighted by Crippen LogP contribution is -2.47. The minimum Gasteiger partial charge on any atom is -0.369 e. The Kier molecular flexibility index (Phi) is 8.04. The Morgan fingerprint density at radius 1 is 1.06 bits per heavy atom. The molecule has 0 unspecified atom stereocenters. The third-order valence-electron chi connectivity index (χ3n) is 5.96. The van der Waals surface area contributed by atoms with Gasteiger partial charge in [-0.3, -0.25) is 9.69 Å². The van der Waals surface area contributed by atoms with Crippen molar-refractivity contribution < 1.29 is 4.79 Å². The number of amides is 1. The smallest absolute Gasteiger partial charge is 0.253 e. The number of nitrogens with two attached hydrogens (primary N) is 1. The van der Waals surface area contributed by atoms with Crippen LogP contribution in [0.25, 0.3) is 11.3 Å². The highest BCUT2D eigenvalue weighted by Gasteiger charge is 2.20. The summed E-state index contributed by atoms with van der Waals surface area (Å²) >= 11 is 0. The first kappa shape index (κ1) is 23.9. The second-order valence-corrected chi connectivity index (χ2v) is 9.02. The van der Waals surface area contributed by atoms with E-state index < -0.39 is 0 Å². The molecule has 0 bridgehead atoms. The molecule has 1 aromatic carbocycles. The van der Waals surface area contributed by atoms with Crippen LogP contribution in [0.5, 0.6) is 0 Å². The summed E-state index contributed by atoms with van der Waals surface area (Å²) in [5, 5.41) is 3.37. The first-order valence-corrected chi connectivity index (χ1v) is 11.5. The van der Waals surface area contributed by atoms with Crippen LogP contribution in [0.2, 0.25) is 0 Å². The molecular formula is C24H37N7O. The first-order valence-electron chi connectivity index (χ1n) is 11.5. The van der Waals surface area contributed by atoms with Gasteiger partial charge in [0.25, 0.3) is 5.91 Å². The zero-order valence-corrected chi connectivity index (χ0v) is 20.0. The molecule has 1 aliphatic rings. The van der Waals surface area contributed by atoms with Gasteiger partial charge in [-0.1, -0.05) is 12.1 Å². The Morgan fingerprint density at radius 3 is 2.28 bits per heavy atom. The molecule has 1 fully saturated rings. The summed E-state index contributed by atoms with van der Waals surface area (Å²) in [6.07, 6.45) is 0. The second kappa shape index (κ2) is 10.7. The molecule has 32 heavy (non-hydrogen) atoms. The Hall–Kier alpha value is -2.71. The van der Waals surface area contributed by atoms with Gasteiger partial charge in [0, 0.05) is 68.5 Å². The standard InChI is InChI=1S/C24H37N7O/c1-17(2)31(18(3)4)11-10-26-22-16-21(27-24(25)28-22)19-6-8-20(9-7-19)23(32)30-14-12-29(5)13-15-30/h6-9,16-18H,10-15H2,1-5H3,(H3,25,26,27,28). The molecule has 8 nitrogen and oxygen atoms in total. The summed E-state index contributed by atoms with van der Waals surface area (Å²) in [4.78, 5) is 28.1. The number of nitrogens with one attached hydrogen (secondary N) is 1. The molecule has 0 spiro atoms. The number of hydrogen-bond donors (Lipinski definition) is 2. The van der Waals surface area contributed by atoms with E-state index in [0.29, 0.717) is 23.5 Å². The summed E-state index contributed by atoms with van der Waals surface area (Å²) in [5.41, 5.74) is 8.31. The number of benzene rings is 1. The second-order valence-electron chi connectivity index (χ2n) is 9.02. The summed E-state index contributed by atoms with van der Waals surface area (Å²) in [6.45, 7) is 13.9. The fourth-order valence-electron chi connectivity index (χ4n) is 4.11. The van der Waals surface area contributed by atoms with E-state index in [1.165, 1.54) is 0 Å². The van der Waals surface area contributed by atoms with Gasteiger partial charge in [-0.2, -0.15) is 4.98 Å². The number of carbonyl (C=O) groups is 1. The lowest BCUT2D eigenvalue weighted by molar-refractivity contribution is 0.0664. The largest absolute Gasteiger partial charge is 0.369 e. The highest BCUT2D eigenvalue weighted by Crippen LogP contribution is 2.22. The van der Waals surface area contributed by atoms with Crippen molar-refractivity contribution in [3.63, 3.8) is 0 Å². The van der Waals surface area contributed by atoms with E-state index in [1.807, 2.05) is 35.2 Å². The van der Waals surface area contributed by atoms with Crippen molar-refractivity contribution in [3.8, 4) is 11.3 Å². The fourth-order valence-corrected chi connectivity index (χ4v) is 4.11. The number of hydrogen-bond acceptors (Lipinski definition) is 7. The Balaban J connectivity index is 1.66. The van der Waals surface area contributed by atoms with E-state index in [2.05, 4.69) is 59.8 Å². The number of nitrogen functional groups attached to an aromatic ring is 1. The monoisotopic (exact) mass is 439 g/mol. The SMILES string of the molecule is CC(C)N(CCNc1cc(-c2ccc(C(=O)N3CCN(C)CC3)cc2)nc(N)n1)C(C)C.